The molecule has 4 rings (SSSR count). The van der Waals surface area contributed by atoms with Gasteiger partial charge >= 0.3 is 5.97 Å². The molecule has 0 spiro atoms. The van der Waals surface area contributed by atoms with Gasteiger partial charge in [-0.2, -0.15) is 0 Å². The molecular formula is C19H21N3O3S3. The molecule has 9 heteroatoms. The zero-order valence-electron chi connectivity index (χ0n) is 15.5. The van der Waals surface area contributed by atoms with E-state index in [0.29, 0.717) is 4.88 Å². The van der Waals surface area contributed by atoms with Gasteiger partial charge in [-0.25, -0.2) is 9.78 Å². The number of carbonyl (C=O) groups is 1. The highest BCUT2D eigenvalue weighted by molar-refractivity contribution is 8.00. The van der Waals surface area contributed by atoms with Crippen LogP contribution in [0.15, 0.2) is 32.8 Å². The third-order valence-corrected chi connectivity index (χ3v) is 8.19. The van der Waals surface area contributed by atoms with Gasteiger partial charge in [0, 0.05) is 36.8 Å². The lowest BCUT2D eigenvalue weighted by Gasteiger charge is -2.30. The summed E-state index contributed by atoms with van der Waals surface area (Å²) in [6.45, 7) is 4.43. The third-order valence-electron chi connectivity index (χ3n) is 4.92. The second kappa shape index (κ2) is 8.46. The third kappa shape index (κ3) is 3.95. The number of hydrogen-bond acceptors (Lipinski definition) is 8. The molecule has 1 N–H and O–H groups in total. The van der Waals surface area contributed by atoms with Crippen molar-refractivity contribution in [2.75, 3.05) is 39.1 Å². The molecule has 1 fully saturated rings. The van der Waals surface area contributed by atoms with Crippen molar-refractivity contribution in [2.45, 2.75) is 16.2 Å². The van der Waals surface area contributed by atoms with E-state index in [4.69, 9.17) is 14.7 Å². The molecule has 1 saturated heterocycles. The zero-order chi connectivity index (χ0) is 19.6. The quantitative estimate of drug-likeness (QED) is 0.666. The zero-order valence-corrected chi connectivity index (χ0v) is 17.9. The lowest BCUT2D eigenvalue weighted by atomic mass is 9.97. The number of hydrogen-bond donors (Lipinski definition) is 1. The number of aromatic carboxylic acids is 1. The molecule has 2 aliphatic rings. The molecule has 0 aromatic carbocycles. The fourth-order valence-corrected chi connectivity index (χ4v) is 6.07. The number of carboxylic acids is 1. The number of morpholine rings is 1. The first-order valence-electron chi connectivity index (χ1n) is 9.02. The molecule has 0 radical (unpaired) electrons. The Kier molecular flexibility index (Phi) is 5.98. The van der Waals surface area contributed by atoms with Crippen LogP contribution in [0.5, 0.6) is 0 Å². The molecule has 2 aromatic heterocycles. The van der Waals surface area contributed by atoms with Crippen LogP contribution in [0, 0.1) is 0 Å². The Morgan fingerprint density at radius 1 is 1.43 bits per heavy atom. The number of allylic oxidation sites excluding steroid dienone is 1. The van der Waals surface area contributed by atoms with Crippen LogP contribution in [-0.2, 0) is 10.3 Å². The van der Waals surface area contributed by atoms with Gasteiger partial charge in [-0.15, -0.1) is 34.4 Å². The van der Waals surface area contributed by atoms with Crippen LogP contribution in [0.3, 0.4) is 0 Å². The number of thiazole rings is 1. The number of ether oxygens (including phenoxy) is 1. The number of thioether (sulfide) groups is 1. The van der Waals surface area contributed by atoms with Crippen molar-refractivity contribution in [1.29, 1.82) is 0 Å². The molecule has 0 saturated carbocycles. The van der Waals surface area contributed by atoms with E-state index in [2.05, 4.69) is 11.0 Å². The van der Waals surface area contributed by atoms with Crippen LogP contribution in [0.2, 0.25) is 0 Å². The molecule has 2 aliphatic heterocycles. The van der Waals surface area contributed by atoms with Gasteiger partial charge in [0.05, 0.1) is 23.1 Å². The van der Waals surface area contributed by atoms with Crippen LogP contribution < -0.4 is 0 Å². The fraction of sp³-hybridized carbons (Fsp3) is 0.421. The van der Waals surface area contributed by atoms with Crippen molar-refractivity contribution in [3.8, 4) is 11.3 Å². The molecule has 0 amide bonds. The van der Waals surface area contributed by atoms with Crippen LogP contribution in [-0.4, -0.2) is 66.3 Å². The largest absolute Gasteiger partial charge is 0.477 e. The van der Waals surface area contributed by atoms with Crippen LogP contribution >= 0.6 is 34.4 Å². The molecule has 1 unspecified atom stereocenters. The van der Waals surface area contributed by atoms with E-state index in [1.54, 1.807) is 29.2 Å². The monoisotopic (exact) mass is 435 g/mol. The summed E-state index contributed by atoms with van der Waals surface area (Å²) in [5.74, 6) is -0.896. The van der Waals surface area contributed by atoms with Crippen molar-refractivity contribution in [1.82, 2.24) is 9.88 Å². The van der Waals surface area contributed by atoms with E-state index in [0.717, 1.165) is 59.7 Å². The Hall–Kier alpha value is -1.52. The second-order valence-corrected chi connectivity index (χ2v) is 9.61. The summed E-state index contributed by atoms with van der Waals surface area (Å²) in [6.07, 6.45) is 8.79. The Labute approximate surface area is 176 Å². The molecule has 148 valence electrons. The smallest absolute Gasteiger partial charge is 0.345 e. The lowest BCUT2D eigenvalue weighted by Crippen LogP contribution is -2.39. The number of aromatic nitrogens is 1. The maximum Gasteiger partial charge on any atom is 0.345 e. The van der Waals surface area contributed by atoms with E-state index in [9.17, 15) is 9.90 Å². The first kappa shape index (κ1) is 19.8. The molecule has 0 aliphatic carbocycles. The summed E-state index contributed by atoms with van der Waals surface area (Å²) < 4.78 is 6.41. The van der Waals surface area contributed by atoms with Crippen molar-refractivity contribution in [3.05, 3.63) is 33.5 Å². The first-order chi connectivity index (χ1) is 13.6. The summed E-state index contributed by atoms with van der Waals surface area (Å²) in [7, 11) is 0. The highest BCUT2D eigenvalue weighted by atomic mass is 32.2. The predicted molar refractivity (Wildman–Crippen MR) is 115 cm³/mol. The average molecular weight is 436 g/mol. The standard InChI is InChI=1S/C19H21N3O3S3/c1-26-17-13(11-15(28-17)16(23)24)14-12-27-18(21-14)19(3-2-5-20-19)4-6-22-7-9-25-10-8-22/h2-3,5,11-12H,4,6-10H2,1H3,(H,23,24). The first-order valence-corrected chi connectivity index (χ1v) is 11.9. The van der Waals surface area contributed by atoms with Gasteiger partial charge in [0.1, 0.15) is 15.4 Å². The van der Waals surface area contributed by atoms with Crippen molar-refractivity contribution in [3.63, 3.8) is 0 Å². The van der Waals surface area contributed by atoms with Gasteiger partial charge in [-0.3, -0.25) is 9.89 Å². The summed E-state index contributed by atoms with van der Waals surface area (Å²) in [6, 6.07) is 1.73. The Balaban J connectivity index is 1.58. The Morgan fingerprint density at radius 2 is 2.25 bits per heavy atom. The topological polar surface area (TPSA) is 75.0 Å². The van der Waals surface area contributed by atoms with E-state index in [1.165, 1.54) is 11.3 Å². The Morgan fingerprint density at radius 3 is 2.93 bits per heavy atom. The maximum atomic E-state index is 11.4. The van der Waals surface area contributed by atoms with E-state index >= 15 is 0 Å². The molecule has 28 heavy (non-hydrogen) atoms. The molecular weight excluding hydrogens is 414 g/mol. The van der Waals surface area contributed by atoms with Crippen LogP contribution in [0.4, 0.5) is 0 Å². The van der Waals surface area contributed by atoms with Crippen LogP contribution in [0.25, 0.3) is 11.3 Å². The predicted octanol–water partition coefficient (Wildman–Crippen LogP) is 3.85. The number of thiophene rings is 1. The van der Waals surface area contributed by atoms with Gasteiger partial charge in [-0.05, 0) is 30.9 Å². The van der Waals surface area contributed by atoms with Crippen molar-refractivity contribution < 1.29 is 14.6 Å². The normalized spacial score (nSPS) is 22.2. The summed E-state index contributed by atoms with van der Waals surface area (Å²) in [5, 5.41) is 12.3. The van der Waals surface area contributed by atoms with Gasteiger partial charge in [-0.1, -0.05) is 0 Å². The molecule has 0 bridgehead atoms. The van der Waals surface area contributed by atoms with Gasteiger partial charge < -0.3 is 9.84 Å². The van der Waals surface area contributed by atoms with E-state index in [1.807, 2.05) is 23.9 Å². The maximum absolute atomic E-state index is 11.4. The van der Waals surface area contributed by atoms with Gasteiger partial charge in [0.25, 0.3) is 0 Å². The Bertz CT molecular complexity index is 901. The minimum Gasteiger partial charge on any atom is -0.477 e. The average Bonchev–Trinajstić information content (AvgIpc) is 3.46. The number of nitrogens with zero attached hydrogens (tertiary/aromatic N) is 3. The number of aliphatic imine (C=N–C) groups is 1. The molecule has 2 aromatic rings. The summed E-state index contributed by atoms with van der Waals surface area (Å²) in [5.41, 5.74) is 1.30. The highest BCUT2D eigenvalue weighted by Gasteiger charge is 2.34. The van der Waals surface area contributed by atoms with Crippen LogP contribution in [0.1, 0.15) is 21.1 Å². The van der Waals surface area contributed by atoms with E-state index < -0.39 is 11.5 Å². The molecule has 4 heterocycles. The second-order valence-electron chi connectivity index (χ2n) is 6.62. The highest BCUT2D eigenvalue weighted by Crippen LogP contribution is 2.42. The SMILES string of the molecule is CSc1sc(C(=O)O)cc1-c1csc(C2(CCN3CCOCC3)C=CC=N2)n1. The van der Waals surface area contributed by atoms with Gasteiger partial charge in [0.2, 0.25) is 0 Å². The van der Waals surface area contributed by atoms with Gasteiger partial charge in [0.15, 0.2) is 0 Å². The molecule has 6 nitrogen and oxygen atoms in total. The minimum atomic E-state index is -0.896. The number of carboxylic acid groups (broad SMARTS) is 1. The number of rotatable bonds is 7. The fourth-order valence-electron chi connectivity index (χ4n) is 3.36. The summed E-state index contributed by atoms with van der Waals surface area (Å²) >= 11 is 4.45. The molecule has 1 atom stereocenters. The minimum absolute atomic E-state index is 0.342. The van der Waals surface area contributed by atoms with E-state index in [-0.39, 0.29) is 0 Å². The van der Waals surface area contributed by atoms with Crippen molar-refractivity contribution >= 4 is 46.6 Å². The summed E-state index contributed by atoms with van der Waals surface area (Å²) in [4.78, 5) is 23.8. The van der Waals surface area contributed by atoms with Crippen molar-refractivity contribution in [2.24, 2.45) is 4.99 Å². The lowest BCUT2D eigenvalue weighted by molar-refractivity contribution is 0.0355.